The maximum absolute atomic E-state index is 8.79. The van der Waals surface area contributed by atoms with Gasteiger partial charge >= 0.3 is 0 Å². The molecule has 84 valence electrons. The van der Waals surface area contributed by atoms with Crippen molar-refractivity contribution in [2.45, 2.75) is 25.8 Å². The van der Waals surface area contributed by atoms with Crippen LogP contribution < -0.4 is 0 Å². The van der Waals surface area contributed by atoms with E-state index in [4.69, 9.17) is 10.5 Å². The van der Waals surface area contributed by atoms with Crippen LogP contribution in [0.1, 0.15) is 18.7 Å². The van der Waals surface area contributed by atoms with E-state index < -0.39 is 0 Å². The number of hydrogen-bond acceptors (Lipinski definition) is 3. The van der Waals surface area contributed by atoms with Crippen molar-refractivity contribution in [3.05, 3.63) is 30.1 Å². The molecule has 0 aliphatic carbocycles. The van der Waals surface area contributed by atoms with E-state index in [-0.39, 0.29) is 0 Å². The predicted octanol–water partition coefficient (Wildman–Crippen LogP) is 2.41. The van der Waals surface area contributed by atoms with Gasteiger partial charge in [-0.05, 0) is 18.6 Å². The largest absolute Gasteiger partial charge is 0.327 e. The molecule has 17 heavy (non-hydrogen) atoms. The zero-order chi connectivity index (χ0) is 12.1. The van der Waals surface area contributed by atoms with Crippen molar-refractivity contribution < 1.29 is 0 Å². The highest BCUT2D eigenvalue weighted by Gasteiger charge is 2.09. The van der Waals surface area contributed by atoms with Crippen molar-refractivity contribution in [2.75, 3.05) is 0 Å². The van der Waals surface area contributed by atoms with E-state index in [2.05, 4.69) is 17.1 Å². The van der Waals surface area contributed by atoms with Crippen LogP contribution in [0.5, 0.6) is 0 Å². The molecule has 4 nitrogen and oxygen atoms in total. The first-order chi connectivity index (χ1) is 8.36. The van der Waals surface area contributed by atoms with Crippen LogP contribution in [0.15, 0.2) is 24.3 Å². The Morgan fingerprint density at radius 2 is 2.00 bits per heavy atom. The summed E-state index contributed by atoms with van der Waals surface area (Å²) in [5, 5.41) is 17.3. The number of unbranched alkanes of at least 4 members (excludes halogenated alkanes) is 1. The van der Waals surface area contributed by atoms with E-state index in [1.54, 1.807) is 0 Å². The van der Waals surface area contributed by atoms with Crippen LogP contribution in [0, 0.1) is 22.7 Å². The van der Waals surface area contributed by atoms with Crippen molar-refractivity contribution in [2.24, 2.45) is 0 Å². The Balaban J connectivity index is 2.38. The van der Waals surface area contributed by atoms with Crippen LogP contribution in [0.3, 0.4) is 0 Å². The Morgan fingerprint density at radius 3 is 2.76 bits per heavy atom. The second kappa shape index (κ2) is 5.14. The summed E-state index contributed by atoms with van der Waals surface area (Å²) in [7, 11) is 0. The fourth-order valence-corrected chi connectivity index (χ4v) is 1.90. The molecule has 0 saturated carbocycles. The van der Waals surface area contributed by atoms with Gasteiger partial charge in [0.05, 0.1) is 29.6 Å². The quantitative estimate of drug-likeness (QED) is 0.749. The van der Waals surface area contributed by atoms with E-state index in [0.717, 1.165) is 29.8 Å². The molecular weight excluding hydrogens is 212 g/mol. The molecule has 0 bridgehead atoms. The van der Waals surface area contributed by atoms with Crippen molar-refractivity contribution >= 4 is 11.0 Å². The van der Waals surface area contributed by atoms with Gasteiger partial charge in [-0.25, -0.2) is 4.98 Å². The van der Waals surface area contributed by atoms with Gasteiger partial charge in [-0.1, -0.05) is 12.1 Å². The van der Waals surface area contributed by atoms with Gasteiger partial charge in [-0.15, -0.1) is 0 Å². The lowest BCUT2D eigenvalue weighted by molar-refractivity contribution is 0.644. The van der Waals surface area contributed by atoms with Crippen molar-refractivity contribution in [3.8, 4) is 12.1 Å². The molecule has 2 aromatic rings. The van der Waals surface area contributed by atoms with Gasteiger partial charge in [0, 0.05) is 13.0 Å². The lowest BCUT2D eigenvalue weighted by atomic mass is 10.3. The van der Waals surface area contributed by atoms with Gasteiger partial charge in [0.15, 0.2) is 0 Å². The Morgan fingerprint density at radius 1 is 1.18 bits per heavy atom. The minimum Gasteiger partial charge on any atom is -0.327 e. The number of rotatable bonds is 4. The van der Waals surface area contributed by atoms with Gasteiger partial charge < -0.3 is 4.57 Å². The molecule has 4 heteroatoms. The average Bonchev–Trinajstić information content (AvgIpc) is 2.69. The summed E-state index contributed by atoms with van der Waals surface area (Å²) in [5.74, 6) is 0.784. The molecule has 0 saturated heterocycles. The monoisotopic (exact) mass is 224 g/mol. The predicted molar refractivity (Wildman–Crippen MR) is 63.9 cm³/mol. The lowest BCUT2D eigenvalue weighted by Gasteiger charge is -2.05. The van der Waals surface area contributed by atoms with Gasteiger partial charge in [0.2, 0.25) is 0 Å². The Labute approximate surface area is 99.7 Å². The SMILES string of the molecule is N#CCCCn1c(CC#N)nc2ccccc21. The summed E-state index contributed by atoms with van der Waals surface area (Å²) < 4.78 is 2.04. The Hall–Kier alpha value is -2.33. The standard InChI is InChI=1S/C13H12N4/c14-8-3-4-10-17-12-6-2-1-5-11(12)16-13(17)7-9-15/h1-2,5-6H,3-4,7,10H2. The van der Waals surface area contributed by atoms with Crippen LogP contribution >= 0.6 is 0 Å². The van der Waals surface area contributed by atoms with Crippen molar-refractivity contribution in [1.82, 2.24) is 9.55 Å². The highest BCUT2D eigenvalue weighted by atomic mass is 15.1. The smallest absolute Gasteiger partial charge is 0.124 e. The summed E-state index contributed by atoms with van der Waals surface area (Å²) in [5.41, 5.74) is 1.95. The van der Waals surface area contributed by atoms with E-state index in [9.17, 15) is 0 Å². The molecule has 0 amide bonds. The van der Waals surface area contributed by atoms with Crippen LogP contribution in [0.2, 0.25) is 0 Å². The maximum Gasteiger partial charge on any atom is 0.124 e. The first-order valence-corrected chi connectivity index (χ1v) is 5.55. The normalized spacial score (nSPS) is 10.0. The minimum absolute atomic E-state index is 0.307. The Bertz CT molecular complexity index is 598. The third kappa shape index (κ3) is 2.26. The molecule has 1 heterocycles. The second-order valence-corrected chi connectivity index (χ2v) is 3.76. The van der Waals surface area contributed by atoms with E-state index >= 15 is 0 Å². The van der Waals surface area contributed by atoms with Crippen LogP contribution in [0.4, 0.5) is 0 Å². The third-order valence-electron chi connectivity index (χ3n) is 2.64. The number of imidazole rings is 1. The third-order valence-corrected chi connectivity index (χ3v) is 2.64. The number of nitriles is 2. The molecule has 0 atom stereocenters. The van der Waals surface area contributed by atoms with Gasteiger partial charge in [0.1, 0.15) is 5.82 Å². The van der Waals surface area contributed by atoms with E-state index in [0.29, 0.717) is 12.8 Å². The maximum atomic E-state index is 8.79. The molecule has 0 aliphatic rings. The molecular formula is C13H12N4. The lowest BCUT2D eigenvalue weighted by Crippen LogP contribution is -2.03. The number of aromatic nitrogens is 2. The molecule has 0 unspecified atom stereocenters. The zero-order valence-corrected chi connectivity index (χ0v) is 9.43. The van der Waals surface area contributed by atoms with Crippen molar-refractivity contribution in [1.29, 1.82) is 10.5 Å². The highest BCUT2D eigenvalue weighted by Crippen LogP contribution is 2.17. The van der Waals surface area contributed by atoms with Crippen LogP contribution in [-0.2, 0) is 13.0 Å². The first-order valence-electron chi connectivity index (χ1n) is 5.55. The number of hydrogen-bond donors (Lipinski definition) is 0. The van der Waals surface area contributed by atoms with Gasteiger partial charge in [0.25, 0.3) is 0 Å². The average molecular weight is 224 g/mol. The van der Waals surface area contributed by atoms with Crippen LogP contribution in [0.25, 0.3) is 11.0 Å². The molecule has 2 rings (SSSR count). The Kier molecular flexibility index (Phi) is 3.37. The zero-order valence-electron chi connectivity index (χ0n) is 9.43. The van der Waals surface area contributed by atoms with Crippen molar-refractivity contribution in [3.63, 3.8) is 0 Å². The topological polar surface area (TPSA) is 65.4 Å². The van der Waals surface area contributed by atoms with Crippen LogP contribution in [-0.4, -0.2) is 9.55 Å². The number of para-hydroxylation sites is 2. The summed E-state index contributed by atoms with van der Waals surface area (Å²) in [6.45, 7) is 0.741. The molecule has 0 radical (unpaired) electrons. The van der Waals surface area contributed by atoms with E-state index in [1.165, 1.54) is 0 Å². The van der Waals surface area contributed by atoms with E-state index in [1.807, 2.05) is 28.8 Å². The number of benzene rings is 1. The highest BCUT2D eigenvalue weighted by molar-refractivity contribution is 5.75. The fraction of sp³-hybridized carbons (Fsp3) is 0.308. The molecule has 1 aromatic heterocycles. The molecule has 0 spiro atoms. The summed E-state index contributed by atoms with van der Waals surface area (Å²) >= 11 is 0. The van der Waals surface area contributed by atoms with Gasteiger partial charge in [-0.2, -0.15) is 10.5 Å². The summed E-state index contributed by atoms with van der Waals surface area (Å²) in [6.07, 6.45) is 1.62. The molecule has 0 aliphatic heterocycles. The summed E-state index contributed by atoms with van der Waals surface area (Å²) in [6, 6.07) is 12.1. The number of nitrogens with zero attached hydrogens (tertiary/aromatic N) is 4. The molecule has 1 aromatic carbocycles. The fourth-order valence-electron chi connectivity index (χ4n) is 1.90. The molecule has 0 fully saturated rings. The molecule has 0 N–H and O–H groups in total. The second-order valence-electron chi connectivity index (χ2n) is 3.76. The minimum atomic E-state index is 0.307. The summed E-state index contributed by atoms with van der Waals surface area (Å²) in [4.78, 5) is 4.44. The first kappa shape index (κ1) is 11.2. The number of fused-ring (bicyclic) bond motifs is 1. The van der Waals surface area contributed by atoms with Gasteiger partial charge in [-0.3, -0.25) is 0 Å². The number of aryl methyl sites for hydroxylation is 1.